The molecule has 0 amide bonds. The summed E-state index contributed by atoms with van der Waals surface area (Å²) in [6, 6.07) is 0.287. The van der Waals surface area contributed by atoms with Gasteiger partial charge in [0.1, 0.15) is 0 Å². The molecule has 1 aliphatic rings. The van der Waals surface area contributed by atoms with Gasteiger partial charge in [-0.2, -0.15) is 0 Å². The second-order valence-corrected chi connectivity index (χ2v) is 4.54. The Morgan fingerprint density at radius 3 is 2.64 bits per heavy atom. The van der Waals surface area contributed by atoms with Crippen LogP contribution >= 0.6 is 0 Å². The molecule has 1 saturated carbocycles. The van der Waals surface area contributed by atoms with E-state index in [9.17, 15) is 4.79 Å². The fourth-order valence-electron chi connectivity index (χ4n) is 1.68. The van der Waals surface area contributed by atoms with Crippen LogP contribution in [0.25, 0.3) is 0 Å². The molecule has 0 N–H and O–H groups in total. The van der Waals surface area contributed by atoms with Crippen LogP contribution < -0.4 is 0 Å². The quantitative estimate of drug-likeness (QED) is 0.629. The van der Waals surface area contributed by atoms with Crippen molar-refractivity contribution in [3.05, 3.63) is 0 Å². The van der Waals surface area contributed by atoms with Crippen LogP contribution in [0.2, 0.25) is 0 Å². The summed E-state index contributed by atoms with van der Waals surface area (Å²) in [6.45, 7) is 5.47. The van der Waals surface area contributed by atoms with E-state index in [2.05, 4.69) is 30.5 Å². The van der Waals surface area contributed by atoms with E-state index in [4.69, 9.17) is 0 Å². The normalized spacial score (nSPS) is 27.5. The largest absolute Gasteiger partial charge is 0.469 e. The maximum Gasteiger partial charge on any atom is 0.307 e. The molecule has 1 aliphatic carbocycles. The zero-order chi connectivity index (χ0) is 10.7. The van der Waals surface area contributed by atoms with Crippen molar-refractivity contribution in [2.24, 2.45) is 11.8 Å². The lowest BCUT2D eigenvalue weighted by molar-refractivity contribution is -0.141. The molecule has 0 aromatic heterocycles. The first kappa shape index (κ1) is 11.5. The Kier molecular flexibility index (Phi) is 3.93. The van der Waals surface area contributed by atoms with E-state index < -0.39 is 0 Å². The zero-order valence-corrected chi connectivity index (χ0v) is 9.62. The van der Waals surface area contributed by atoms with Crippen molar-refractivity contribution in [1.29, 1.82) is 0 Å². The first-order valence-corrected chi connectivity index (χ1v) is 5.31. The number of methoxy groups -OCH3 is 1. The summed E-state index contributed by atoms with van der Waals surface area (Å²) in [5.74, 6) is 1.61. The summed E-state index contributed by atoms with van der Waals surface area (Å²) < 4.78 is 4.65. The second kappa shape index (κ2) is 4.78. The predicted octanol–water partition coefficient (Wildman–Crippen LogP) is 1.53. The Labute approximate surface area is 86.4 Å². The molecule has 0 saturated heterocycles. The highest BCUT2D eigenvalue weighted by atomic mass is 16.5. The van der Waals surface area contributed by atoms with Crippen molar-refractivity contribution < 1.29 is 9.53 Å². The Morgan fingerprint density at radius 1 is 1.64 bits per heavy atom. The maximum atomic E-state index is 11.0. The van der Waals surface area contributed by atoms with Gasteiger partial charge in [0.2, 0.25) is 0 Å². The van der Waals surface area contributed by atoms with E-state index in [-0.39, 0.29) is 12.0 Å². The Bertz CT molecular complexity index is 205. The van der Waals surface area contributed by atoms with Crippen LogP contribution in [0.1, 0.15) is 26.7 Å². The van der Waals surface area contributed by atoms with E-state index >= 15 is 0 Å². The van der Waals surface area contributed by atoms with Gasteiger partial charge >= 0.3 is 5.97 Å². The fourth-order valence-corrected chi connectivity index (χ4v) is 1.68. The molecule has 14 heavy (non-hydrogen) atoms. The lowest BCUT2D eigenvalue weighted by atomic mass is 10.2. The van der Waals surface area contributed by atoms with Gasteiger partial charge in [0.05, 0.1) is 13.5 Å². The maximum absolute atomic E-state index is 11.0. The Balaban J connectivity index is 2.21. The summed E-state index contributed by atoms with van der Waals surface area (Å²) in [7, 11) is 3.52. The monoisotopic (exact) mass is 199 g/mol. The van der Waals surface area contributed by atoms with Gasteiger partial charge in [-0.15, -0.1) is 0 Å². The molecule has 3 heteroatoms. The van der Waals surface area contributed by atoms with E-state index in [0.29, 0.717) is 6.42 Å². The molecule has 0 aromatic carbocycles. The molecule has 0 bridgehead atoms. The summed E-state index contributed by atoms with van der Waals surface area (Å²) in [5.41, 5.74) is 0. The highest BCUT2D eigenvalue weighted by molar-refractivity contribution is 5.69. The predicted molar refractivity (Wildman–Crippen MR) is 56.0 cm³/mol. The van der Waals surface area contributed by atoms with Gasteiger partial charge in [0.15, 0.2) is 0 Å². The average molecular weight is 199 g/mol. The number of rotatable bonds is 5. The molecule has 0 heterocycles. The summed E-state index contributed by atoms with van der Waals surface area (Å²) in [4.78, 5) is 13.3. The fraction of sp³-hybridized carbons (Fsp3) is 0.909. The minimum Gasteiger partial charge on any atom is -0.469 e. The first-order valence-electron chi connectivity index (χ1n) is 5.31. The van der Waals surface area contributed by atoms with Crippen molar-refractivity contribution in [2.75, 3.05) is 20.7 Å². The van der Waals surface area contributed by atoms with Crippen molar-refractivity contribution in [3.8, 4) is 0 Å². The SMILES string of the molecule is COC(=O)CC(C)N(C)CC1CC1C. The van der Waals surface area contributed by atoms with Gasteiger partial charge in [-0.05, 0) is 32.2 Å². The van der Waals surface area contributed by atoms with Gasteiger partial charge in [0.25, 0.3) is 0 Å². The first-order chi connectivity index (χ1) is 6.54. The van der Waals surface area contributed by atoms with Gasteiger partial charge in [-0.1, -0.05) is 6.92 Å². The molecule has 0 aromatic rings. The minimum atomic E-state index is -0.117. The van der Waals surface area contributed by atoms with Gasteiger partial charge < -0.3 is 9.64 Å². The second-order valence-electron chi connectivity index (χ2n) is 4.54. The molecule has 0 spiro atoms. The number of hydrogen-bond acceptors (Lipinski definition) is 3. The van der Waals surface area contributed by atoms with Crippen molar-refractivity contribution in [1.82, 2.24) is 4.90 Å². The van der Waals surface area contributed by atoms with Crippen LogP contribution in [0.3, 0.4) is 0 Å². The molecule has 1 fully saturated rings. The molecule has 82 valence electrons. The third-order valence-corrected chi connectivity index (χ3v) is 3.24. The van der Waals surface area contributed by atoms with Gasteiger partial charge in [0, 0.05) is 12.6 Å². The van der Waals surface area contributed by atoms with Crippen LogP contribution in [0.4, 0.5) is 0 Å². The highest BCUT2D eigenvalue weighted by Gasteiger charge is 2.34. The standard InChI is InChI=1S/C11H21NO2/c1-8-5-10(8)7-12(3)9(2)6-11(13)14-4/h8-10H,5-7H2,1-4H3. The van der Waals surface area contributed by atoms with Crippen LogP contribution in [-0.4, -0.2) is 37.6 Å². The molecule has 3 unspecified atom stereocenters. The summed E-state index contributed by atoms with van der Waals surface area (Å²) in [5, 5.41) is 0. The third kappa shape index (κ3) is 3.29. The van der Waals surface area contributed by atoms with Crippen molar-refractivity contribution in [2.45, 2.75) is 32.7 Å². The third-order valence-electron chi connectivity index (χ3n) is 3.24. The number of esters is 1. The molecule has 3 nitrogen and oxygen atoms in total. The van der Waals surface area contributed by atoms with E-state index in [0.717, 1.165) is 18.4 Å². The van der Waals surface area contributed by atoms with Gasteiger partial charge in [-0.25, -0.2) is 0 Å². The average Bonchev–Trinajstić information content (AvgIpc) is 2.81. The number of ether oxygens (including phenoxy) is 1. The van der Waals surface area contributed by atoms with Crippen LogP contribution in [0, 0.1) is 11.8 Å². The lowest BCUT2D eigenvalue weighted by Crippen LogP contribution is -2.33. The van der Waals surface area contributed by atoms with E-state index in [1.165, 1.54) is 13.5 Å². The molecule has 0 radical (unpaired) electrons. The van der Waals surface area contributed by atoms with E-state index in [1.807, 2.05) is 0 Å². The van der Waals surface area contributed by atoms with Crippen LogP contribution in [-0.2, 0) is 9.53 Å². The Hall–Kier alpha value is -0.570. The zero-order valence-electron chi connectivity index (χ0n) is 9.62. The molecule has 3 atom stereocenters. The number of nitrogens with zero attached hydrogens (tertiary/aromatic N) is 1. The molecular formula is C11H21NO2. The number of carbonyl (C=O) groups is 1. The number of hydrogen-bond donors (Lipinski definition) is 0. The highest BCUT2D eigenvalue weighted by Crippen LogP contribution is 2.38. The van der Waals surface area contributed by atoms with Crippen LogP contribution in [0.15, 0.2) is 0 Å². The van der Waals surface area contributed by atoms with Crippen molar-refractivity contribution >= 4 is 5.97 Å². The van der Waals surface area contributed by atoms with Gasteiger partial charge in [-0.3, -0.25) is 4.79 Å². The summed E-state index contributed by atoms with van der Waals surface area (Å²) in [6.07, 6.45) is 1.84. The topological polar surface area (TPSA) is 29.5 Å². The number of carbonyl (C=O) groups excluding carboxylic acids is 1. The van der Waals surface area contributed by atoms with Crippen LogP contribution in [0.5, 0.6) is 0 Å². The smallest absolute Gasteiger partial charge is 0.307 e. The minimum absolute atomic E-state index is 0.117. The molecule has 1 rings (SSSR count). The summed E-state index contributed by atoms with van der Waals surface area (Å²) >= 11 is 0. The molecular weight excluding hydrogens is 178 g/mol. The van der Waals surface area contributed by atoms with E-state index in [1.54, 1.807) is 0 Å². The molecule has 0 aliphatic heterocycles. The van der Waals surface area contributed by atoms with Crippen molar-refractivity contribution in [3.63, 3.8) is 0 Å². The lowest BCUT2D eigenvalue weighted by Gasteiger charge is -2.23. The Morgan fingerprint density at radius 2 is 2.21 bits per heavy atom.